The minimum atomic E-state index is -0.265. The molecule has 0 bridgehead atoms. The Bertz CT molecular complexity index is 1070. The number of hydrogen-bond donors (Lipinski definition) is 3. The fourth-order valence-corrected chi connectivity index (χ4v) is 3.94. The molecule has 3 aromatic rings. The van der Waals surface area contributed by atoms with Crippen molar-refractivity contribution in [3.05, 3.63) is 83.8 Å². The molecule has 1 amide bonds. The van der Waals surface area contributed by atoms with Crippen molar-refractivity contribution in [3.8, 4) is 0 Å². The van der Waals surface area contributed by atoms with Crippen LogP contribution >= 0.6 is 0 Å². The summed E-state index contributed by atoms with van der Waals surface area (Å²) >= 11 is 0. The van der Waals surface area contributed by atoms with Crippen molar-refractivity contribution in [2.75, 3.05) is 30.4 Å². The summed E-state index contributed by atoms with van der Waals surface area (Å²) in [6.07, 6.45) is 4.02. The van der Waals surface area contributed by atoms with Gasteiger partial charge in [-0.05, 0) is 67.3 Å². The number of hydrogen-bond acceptors (Lipinski definition) is 4. The van der Waals surface area contributed by atoms with Crippen LogP contribution < -0.4 is 20.9 Å². The summed E-state index contributed by atoms with van der Waals surface area (Å²) in [5, 5.41) is 9.67. The molecular formula is C26H31N5O2. The van der Waals surface area contributed by atoms with Gasteiger partial charge in [0.2, 0.25) is 0 Å². The van der Waals surface area contributed by atoms with Gasteiger partial charge in [-0.3, -0.25) is 9.79 Å². The van der Waals surface area contributed by atoms with Crippen molar-refractivity contribution < 1.29 is 9.21 Å². The molecule has 2 heterocycles. The first kappa shape index (κ1) is 22.5. The quantitative estimate of drug-likeness (QED) is 0.367. The largest absolute Gasteiger partial charge is 0.459 e. The Balaban J connectivity index is 1.29. The Hall–Kier alpha value is -3.74. The first-order valence-electron chi connectivity index (χ1n) is 11.4. The minimum Gasteiger partial charge on any atom is -0.459 e. The van der Waals surface area contributed by atoms with Gasteiger partial charge in [0.1, 0.15) is 0 Å². The monoisotopic (exact) mass is 445 g/mol. The van der Waals surface area contributed by atoms with Crippen LogP contribution in [0.2, 0.25) is 0 Å². The Morgan fingerprint density at radius 1 is 1.09 bits per heavy atom. The predicted octanol–water partition coefficient (Wildman–Crippen LogP) is 4.56. The second-order valence-electron chi connectivity index (χ2n) is 8.21. The van der Waals surface area contributed by atoms with E-state index < -0.39 is 0 Å². The van der Waals surface area contributed by atoms with Gasteiger partial charge < -0.3 is 25.3 Å². The molecule has 0 radical (unpaired) electrons. The summed E-state index contributed by atoms with van der Waals surface area (Å²) in [5.74, 6) is 0.762. The Morgan fingerprint density at radius 3 is 2.58 bits per heavy atom. The van der Waals surface area contributed by atoms with Crippen molar-refractivity contribution >= 4 is 23.2 Å². The average Bonchev–Trinajstić information content (AvgIpc) is 3.57. The molecule has 33 heavy (non-hydrogen) atoms. The number of anilines is 2. The summed E-state index contributed by atoms with van der Waals surface area (Å²) in [5.41, 5.74) is 4.33. The van der Waals surface area contributed by atoms with Crippen molar-refractivity contribution in [1.82, 2.24) is 10.6 Å². The number of carbonyl (C=O) groups excluding carboxylic acids is 1. The van der Waals surface area contributed by atoms with E-state index in [2.05, 4.69) is 57.0 Å². The molecule has 0 saturated carbocycles. The van der Waals surface area contributed by atoms with E-state index in [9.17, 15) is 4.79 Å². The molecule has 1 atom stereocenters. The van der Waals surface area contributed by atoms with Crippen LogP contribution in [0, 0.1) is 0 Å². The average molecular weight is 446 g/mol. The van der Waals surface area contributed by atoms with Gasteiger partial charge in [-0.1, -0.05) is 24.3 Å². The molecule has 172 valence electrons. The third-order valence-corrected chi connectivity index (χ3v) is 5.83. The second-order valence-corrected chi connectivity index (χ2v) is 8.21. The van der Waals surface area contributed by atoms with E-state index in [0.29, 0.717) is 12.2 Å². The molecule has 1 unspecified atom stereocenters. The Morgan fingerprint density at radius 2 is 1.88 bits per heavy atom. The highest BCUT2D eigenvalue weighted by Crippen LogP contribution is 2.24. The number of nitrogens with one attached hydrogen (secondary N) is 3. The first-order chi connectivity index (χ1) is 16.1. The van der Waals surface area contributed by atoms with E-state index in [1.54, 1.807) is 19.2 Å². The minimum absolute atomic E-state index is 0.123. The van der Waals surface area contributed by atoms with E-state index in [-0.39, 0.29) is 17.7 Å². The molecule has 1 fully saturated rings. The molecule has 7 nitrogen and oxygen atoms in total. The molecule has 4 rings (SSSR count). The highest BCUT2D eigenvalue weighted by Gasteiger charge is 2.14. The Labute approximate surface area is 194 Å². The molecule has 7 heteroatoms. The number of nitrogens with zero attached hydrogens (tertiary/aromatic N) is 2. The molecule has 3 N–H and O–H groups in total. The summed E-state index contributed by atoms with van der Waals surface area (Å²) in [6.45, 7) is 5.04. The lowest BCUT2D eigenvalue weighted by atomic mass is 10.1. The zero-order chi connectivity index (χ0) is 23.0. The highest BCUT2D eigenvalue weighted by atomic mass is 16.3. The molecule has 1 aromatic heterocycles. The van der Waals surface area contributed by atoms with Gasteiger partial charge in [0.15, 0.2) is 11.7 Å². The molecule has 1 aliphatic heterocycles. The summed E-state index contributed by atoms with van der Waals surface area (Å²) in [4.78, 5) is 18.9. The van der Waals surface area contributed by atoms with Crippen molar-refractivity contribution in [1.29, 1.82) is 0 Å². The van der Waals surface area contributed by atoms with Gasteiger partial charge in [0.25, 0.3) is 5.91 Å². The molecule has 2 aromatic carbocycles. The number of aliphatic imine (C=N–C) groups is 1. The lowest BCUT2D eigenvalue weighted by Crippen LogP contribution is -2.38. The van der Waals surface area contributed by atoms with Gasteiger partial charge in [-0.25, -0.2) is 0 Å². The van der Waals surface area contributed by atoms with Crippen LogP contribution in [0.25, 0.3) is 0 Å². The number of amides is 1. The van der Waals surface area contributed by atoms with Crippen LogP contribution in [0.5, 0.6) is 0 Å². The second kappa shape index (κ2) is 10.7. The summed E-state index contributed by atoms with van der Waals surface area (Å²) < 4.78 is 5.12. The zero-order valence-corrected chi connectivity index (χ0v) is 19.2. The van der Waals surface area contributed by atoms with Crippen LogP contribution in [0.15, 0.2) is 76.3 Å². The smallest absolute Gasteiger partial charge is 0.291 e. The summed E-state index contributed by atoms with van der Waals surface area (Å²) in [6, 6.07) is 19.9. The van der Waals surface area contributed by atoms with E-state index in [4.69, 9.17) is 4.42 Å². The number of carbonyl (C=O) groups is 1. The molecular weight excluding hydrogens is 414 g/mol. The van der Waals surface area contributed by atoms with Crippen molar-refractivity contribution in [2.24, 2.45) is 4.99 Å². The fourth-order valence-electron chi connectivity index (χ4n) is 3.94. The van der Waals surface area contributed by atoms with Crippen LogP contribution in [0.4, 0.5) is 11.4 Å². The van der Waals surface area contributed by atoms with Gasteiger partial charge in [-0.2, -0.15) is 0 Å². The lowest BCUT2D eigenvalue weighted by molar-refractivity contribution is 0.0996. The zero-order valence-electron chi connectivity index (χ0n) is 19.2. The molecule has 0 spiro atoms. The normalized spacial score (nSPS) is 14.7. The van der Waals surface area contributed by atoms with Crippen LogP contribution in [-0.2, 0) is 6.54 Å². The van der Waals surface area contributed by atoms with Gasteiger partial charge in [-0.15, -0.1) is 0 Å². The molecule has 1 saturated heterocycles. The van der Waals surface area contributed by atoms with E-state index in [1.165, 1.54) is 30.4 Å². The third kappa shape index (κ3) is 5.94. The molecule has 0 aliphatic carbocycles. The first-order valence-corrected chi connectivity index (χ1v) is 11.4. The number of guanidine groups is 1. The van der Waals surface area contributed by atoms with Crippen molar-refractivity contribution in [3.63, 3.8) is 0 Å². The van der Waals surface area contributed by atoms with Crippen LogP contribution in [-0.4, -0.2) is 32.0 Å². The van der Waals surface area contributed by atoms with Crippen LogP contribution in [0.3, 0.4) is 0 Å². The van der Waals surface area contributed by atoms with E-state index in [0.717, 1.165) is 24.6 Å². The Kier molecular flexibility index (Phi) is 7.29. The van der Waals surface area contributed by atoms with Gasteiger partial charge >= 0.3 is 0 Å². The van der Waals surface area contributed by atoms with Crippen molar-refractivity contribution in [2.45, 2.75) is 32.4 Å². The number of furan rings is 1. The maximum atomic E-state index is 12.1. The predicted molar refractivity (Wildman–Crippen MR) is 133 cm³/mol. The number of rotatable bonds is 7. The van der Waals surface area contributed by atoms with Crippen LogP contribution in [0.1, 0.15) is 47.5 Å². The van der Waals surface area contributed by atoms with E-state index >= 15 is 0 Å². The standard InChI is InChI=1S/C26H31N5O2/c1-19(21-7-5-8-23(17-21)31-14-3-4-15-31)29-26(27-2)28-18-20-10-12-22(13-11-20)30-25(32)24-9-6-16-33-24/h5-13,16-17,19H,3-4,14-15,18H2,1-2H3,(H,30,32)(H2,27,28,29). The number of benzene rings is 2. The fraction of sp³-hybridized carbons (Fsp3) is 0.308. The highest BCUT2D eigenvalue weighted by molar-refractivity contribution is 6.02. The maximum absolute atomic E-state index is 12.1. The maximum Gasteiger partial charge on any atom is 0.291 e. The molecule has 1 aliphatic rings. The van der Waals surface area contributed by atoms with Gasteiger partial charge in [0, 0.05) is 38.1 Å². The summed E-state index contributed by atoms with van der Waals surface area (Å²) in [7, 11) is 1.77. The topological polar surface area (TPSA) is 81.9 Å². The SMILES string of the molecule is CN=C(NCc1ccc(NC(=O)c2ccco2)cc1)NC(C)c1cccc(N2CCCC2)c1. The third-order valence-electron chi connectivity index (χ3n) is 5.83. The van der Waals surface area contributed by atoms with Gasteiger partial charge in [0.05, 0.1) is 12.3 Å². The van der Waals surface area contributed by atoms with E-state index in [1.807, 2.05) is 24.3 Å². The lowest BCUT2D eigenvalue weighted by Gasteiger charge is -2.22.